The smallest absolute Gasteiger partial charge is 0.257 e. The summed E-state index contributed by atoms with van der Waals surface area (Å²) in [5, 5.41) is 13.3. The molecule has 2 aliphatic heterocycles. The van der Waals surface area contributed by atoms with E-state index in [0.29, 0.717) is 11.0 Å². The Hall–Kier alpha value is -1.26. The van der Waals surface area contributed by atoms with Gasteiger partial charge in [-0.3, -0.25) is 4.79 Å². The Morgan fingerprint density at radius 1 is 1.18 bits per heavy atom. The van der Waals surface area contributed by atoms with Gasteiger partial charge in [-0.1, -0.05) is 11.6 Å². The van der Waals surface area contributed by atoms with Gasteiger partial charge < -0.3 is 15.3 Å². The highest BCUT2D eigenvalue weighted by atomic mass is 35.5. The monoisotopic (exact) mass is 324 g/mol. The molecular weight excluding hydrogens is 300 g/mol. The number of likely N-dealkylation sites (tertiary alicyclic amines) is 1. The third kappa shape index (κ3) is 3.39. The van der Waals surface area contributed by atoms with Crippen LogP contribution in [0.25, 0.3) is 0 Å². The van der Waals surface area contributed by atoms with Gasteiger partial charge in [0.1, 0.15) is 5.75 Å². The van der Waals surface area contributed by atoms with Crippen molar-refractivity contribution < 1.29 is 9.90 Å². The lowest BCUT2D eigenvalue weighted by Gasteiger charge is -2.44. The highest BCUT2D eigenvalue weighted by Crippen LogP contribution is 2.39. The average molecular weight is 325 g/mol. The third-order valence-electron chi connectivity index (χ3n) is 5.16. The van der Waals surface area contributed by atoms with Crippen LogP contribution in [-0.4, -0.2) is 42.1 Å². The topological polar surface area (TPSA) is 52.6 Å². The van der Waals surface area contributed by atoms with Crippen LogP contribution in [-0.2, 0) is 0 Å². The minimum absolute atomic E-state index is 0. The maximum absolute atomic E-state index is 12.6. The number of hydrogen-bond donors (Lipinski definition) is 2. The van der Waals surface area contributed by atoms with Crippen LogP contribution in [0.3, 0.4) is 0 Å². The number of nitrogens with zero attached hydrogens (tertiary/aromatic N) is 1. The summed E-state index contributed by atoms with van der Waals surface area (Å²) in [6.07, 6.45) is 4.63. The van der Waals surface area contributed by atoms with Crippen molar-refractivity contribution >= 4 is 18.3 Å². The number of carbonyl (C=O) groups is 1. The quantitative estimate of drug-likeness (QED) is 0.835. The molecule has 2 N–H and O–H groups in total. The van der Waals surface area contributed by atoms with Gasteiger partial charge in [-0.15, -0.1) is 12.4 Å². The molecule has 22 heavy (non-hydrogen) atoms. The molecule has 0 saturated carbocycles. The maximum atomic E-state index is 12.6. The Bertz CT molecular complexity index is 531. The number of halogens is 1. The summed E-state index contributed by atoms with van der Waals surface area (Å²) >= 11 is 0. The highest BCUT2D eigenvalue weighted by molar-refractivity contribution is 5.97. The van der Waals surface area contributed by atoms with Gasteiger partial charge in [0.2, 0.25) is 0 Å². The second-order valence-electron chi connectivity index (χ2n) is 6.56. The zero-order chi connectivity index (χ0) is 14.9. The fraction of sp³-hybridized carbons (Fsp3) is 0.588. The predicted octanol–water partition coefficient (Wildman–Crippen LogP) is 2.73. The van der Waals surface area contributed by atoms with Crippen molar-refractivity contribution in [3.05, 3.63) is 29.3 Å². The van der Waals surface area contributed by atoms with Crippen LogP contribution in [0.4, 0.5) is 0 Å². The van der Waals surface area contributed by atoms with E-state index >= 15 is 0 Å². The van der Waals surface area contributed by atoms with E-state index in [1.54, 1.807) is 12.1 Å². The lowest BCUT2D eigenvalue weighted by atomic mass is 9.71. The molecule has 0 bridgehead atoms. The number of phenols is 1. The van der Waals surface area contributed by atoms with E-state index in [9.17, 15) is 9.90 Å². The first kappa shape index (κ1) is 17.1. The Labute approximate surface area is 138 Å². The van der Waals surface area contributed by atoms with Crippen molar-refractivity contribution in [3.8, 4) is 5.75 Å². The van der Waals surface area contributed by atoms with E-state index in [1.807, 2.05) is 17.9 Å². The van der Waals surface area contributed by atoms with Gasteiger partial charge >= 0.3 is 0 Å². The number of benzene rings is 1. The SMILES string of the molecule is Cc1ccc(O)c(C(=O)N2CCC3(CCNCC3)CC2)c1.Cl. The van der Waals surface area contributed by atoms with Gasteiger partial charge in [0, 0.05) is 13.1 Å². The van der Waals surface area contributed by atoms with Crippen molar-refractivity contribution in [1.82, 2.24) is 10.2 Å². The van der Waals surface area contributed by atoms with E-state index in [-0.39, 0.29) is 24.1 Å². The first-order chi connectivity index (χ1) is 10.1. The normalized spacial score (nSPS) is 20.5. The molecule has 122 valence electrons. The molecule has 4 nitrogen and oxygen atoms in total. The fourth-order valence-corrected chi connectivity index (χ4v) is 3.63. The number of carbonyl (C=O) groups excluding carboxylic acids is 1. The van der Waals surface area contributed by atoms with E-state index in [2.05, 4.69) is 5.32 Å². The second-order valence-corrected chi connectivity index (χ2v) is 6.56. The van der Waals surface area contributed by atoms with Crippen LogP contribution < -0.4 is 5.32 Å². The fourth-order valence-electron chi connectivity index (χ4n) is 3.63. The third-order valence-corrected chi connectivity index (χ3v) is 5.16. The van der Waals surface area contributed by atoms with Crippen LogP contribution in [0.2, 0.25) is 0 Å². The van der Waals surface area contributed by atoms with Crippen LogP contribution in [0.5, 0.6) is 5.75 Å². The summed E-state index contributed by atoms with van der Waals surface area (Å²) < 4.78 is 0. The molecule has 0 aliphatic carbocycles. The van der Waals surface area contributed by atoms with E-state index < -0.39 is 0 Å². The highest BCUT2D eigenvalue weighted by Gasteiger charge is 2.37. The first-order valence-corrected chi connectivity index (χ1v) is 7.89. The number of aromatic hydroxyl groups is 1. The average Bonchev–Trinajstić information content (AvgIpc) is 2.51. The van der Waals surface area contributed by atoms with Gasteiger partial charge in [-0.2, -0.15) is 0 Å². The van der Waals surface area contributed by atoms with Crippen LogP contribution in [0, 0.1) is 12.3 Å². The Morgan fingerprint density at radius 2 is 1.82 bits per heavy atom. The number of nitrogens with one attached hydrogen (secondary N) is 1. The number of piperidine rings is 2. The summed E-state index contributed by atoms with van der Waals surface area (Å²) in [4.78, 5) is 14.5. The molecule has 3 rings (SSSR count). The molecule has 0 atom stereocenters. The molecule has 2 fully saturated rings. The summed E-state index contributed by atoms with van der Waals surface area (Å²) in [7, 11) is 0. The second kappa shape index (κ2) is 6.88. The molecule has 2 heterocycles. The van der Waals surface area contributed by atoms with Gasteiger partial charge in [0.05, 0.1) is 5.56 Å². The van der Waals surface area contributed by atoms with Crippen molar-refractivity contribution in [2.75, 3.05) is 26.2 Å². The van der Waals surface area contributed by atoms with Gasteiger partial charge in [-0.05, 0) is 63.2 Å². The zero-order valence-corrected chi connectivity index (χ0v) is 13.9. The van der Waals surface area contributed by atoms with Crippen molar-refractivity contribution in [2.24, 2.45) is 5.41 Å². The molecule has 0 radical (unpaired) electrons. The summed E-state index contributed by atoms with van der Waals surface area (Å²) in [6, 6.07) is 5.22. The van der Waals surface area contributed by atoms with Crippen molar-refractivity contribution in [1.29, 1.82) is 0 Å². The van der Waals surface area contributed by atoms with Crippen LogP contribution in [0.1, 0.15) is 41.6 Å². The molecular formula is C17H25ClN2O2. The Kier molecular flexibility index (Phi) is 5.35. The van der Waals surface area contributed by atoms with Crippen molar-refractivity contribution in [3.63, 3.8) is 0 Å². The van der Waals surface area contributed by atoms with Gasteiger partial charge in [0.25, 0.3) is 5.91 Å². The minimum atomic E-state index is -0.0278. The number of amides is 1. The van der Waals surface area contributed by atoms with Crippen LogP contribution in [0.15, 0.2) is 18.2 Å². The molecule has 1 aromatic rings. The largest absolute Gasteiger partial charge is 0.507 e. The standard InChI is InChI=1S/C17H24N2O2.ClH/c1-13-2-3-15(20)14(12-13)16(21)19-10-6-17(7-11-19)4-8-18-9-5-17;/h2-3,12,18,20H,4-11H2,1H3;1H. The lowest BCUT2D eigenvalue weighted by molar-refractivity contribution is 0.0493. The Balaban J connectivity index is 0.00000176. The van der Waals surface area contributed by atoms with Gasteiger partial charge in [-0.25, -0.2) is 0 Å². The molecule has 2 aliphatic rings. The summed E-state index contributed by atoms with van der Waals surface area (Å²) in [6.45, 7) is 5.77. The summed E-state index contributed by atoms with van der Waals surface area (Å²) in [5.41, 5.74) is 1.88. The molecule has 0 aromatic heterocycles. The molecule has 5 heteroatoms. The first-order valence-electron chi connectivity index (χ1n) is 7.89. The summed E-state index contributed by atoms with van der Waals surface area (Å²) in [5.74, 6) is 0.0627. The molecule has 1 amide bonds. The minimum Gasteiger partial charge on any atom is -0.507 e. The number of rotatable bonds is 1. The molecule has 2 saturated heterocycles. The van der Waals surface area contributed by atoms with Gasteiger partial charge in [0.15, 0.2) is 0 Å². The predicted molar refractivity (Wildman–Crippen MR) is 89.8 cm³/mol. The van der Waals surface area contributed by atoms with Crippen LogP contribution >= 0.6 is 12.4 Å². The number of hydrogen-bond acceptors (Lipinski definition) is 3. The zero-order valence-electron chi connectivity index (χ0n) is 13.1. The number of phenolic OH excluding ortho intramolecular Hbond substituents is 1. The lowest BCUT2D eigenvalue weighted by Crippen LogP contribution is -2.47. The van der Waals surface area contributed by atoms with Crippen molar-refractivity contribution in [2.45, 2.75) is 32.6 Å². The number of aryl methyl sites for hydroxylation is 1. The Morgan fingerprint density at radius 3 is 2.45 bits per heavy atom. The maximum Gasteiger partial charge on any atom is 0.257 e. The van der Waals surface area contributed by atoms with E-state index in [0.717, 1.165) is 44.6 Å². The van der Waals surface area contributed by atoms with E-state index in [1.165, 1.54) is 12.8 Å². The molecule has 1 spiro atoms. The van der Waals surface area contributed by atoms with E-state index in [4.69, 9.17) is 0 Å². The molecule has 0 unspecified atom stereocenters. The molecule has 1 aromatic carbocycles.